The van der Waals surface area contributed by atoms with Crippen LogP contribution < -0.4 is 0 Å². The van der Waals surface area contributed by atoms with Crippen LogP contribution in [-0.4, -0.2) is 24.1 Å². The topological polar surface area (TPSA) is 32.7 Å². The van der Waals surface area contributed by atoms with E-state index in [4.69, 9.17) is 23.2 Å². The molecule has 1 amide bonds. The summed E-state index contributed by atoms with van der Waals surface area (Å²) in [6, 6.07) is 10.8. The summed E-state index contributed by atoms with van der Waals surface area (Å²) in [7, 11) is 0. The number of aliphatic imine (C=N–C) groups is 1. The molecular weight excluding hydrogens is 459 g/mol. The number of hydrogen-bond donors (Lipinski definition) is 0. The molecule has 0 aromatic heterocycles. The van der Waals surface area contributed by atoms with Gasteiger partial charge in [0.2, 0.25) is 0 Å². The predicted molar refractivity (Wildman–Crippen MR) is 123 cm³/mol. The minimum atomic E-state index is -0.0915. The van der Waals surface area contributed by atoms with Gasteiger partial charge in [-0.05, 0) is 73.7 Å². The molecular formula is C22H21BrCl2N2O. The summed E-state index contributed by atoms with van der Waals surface area (Å²) in [4.78, 5) is 18.9. The molecule has 0 atom stereocenters. The second-order valence-electron chi connectivity index (χ2n) is 6.29. The van der Waals surface area contributed by atoms with E-state index in [9.17, 15) is 4.79 Å². The van der Waals surface area contributed by atoms with E-state index in [-0.39, 0.29) is 5.91 Å². The van der Waals surface area contributed by atoms with Crippen molar-refractivity contribution in [1.82, 2.24) is 4.90 Å². The van der Waals surface area contributed by atoms with Crippen molar-refractivity contribution in [2.24, 2.45) is 4.99 Å². The number of nitrogens with zero attached hydrogens (tertiary/aromatic N) is 2. The number of aryl methyl sites for hydroxylation is 1. The van der Waals surface area contributed by atoms with Gasteiger partial charge in [-0.3, -0.25) is 9.79 Å². The fourth-order valence-corrected chi connectivity index (χ4v) is 3.59. The van der Waals surface area contributed by atoms with E-state index < -0.39 is 0 Å². The van der Waals surface area contributed by atoms with Gasteiger partial charge >= 0.3 is 0 Å². The second-order valence-corrected chi connectivity index (χ2v) is 8.02. The summed E-state index contributed by atoms with van der Waals surface area (Å²) in [5.41, 5.74) is 3.33. The number of halogens is 3. The van der Waals surface area contributed by atoms with Crippen molar-refractivity contribution in [2.45, 2.75) is 20.4 Å². The molecule has 0 spiro atoms. The summed E-state index contributed by atoms with van der Waals surface area (Å²) in [6.07, 6.45) is 5.46. The van der Waals surface area contributed by atoms with E-state index in [2.05, 4.69) is 27.6 Å². The number of carbonyl (C=O) groups is 1. The molecule has 0 saturated carbocycles. The van der Waals surface area contributed by atoms with E-state index in [1.807, 2.05) is 56.3 Å². The first kappa shape index (κ1) is 22.4. The first-order valence-electron chi connectivity index (χ1n) is 8.62. The molecule has 0 fully saturated rings. The van der Waals surface area contributed by atoms with Gasteiger partial charge in [0.15, 0.2) is 0 Å². The van der Waals surface area contributed by atoms with Crippen molar-refractivity contribution >= 4 is 51.8 Å². The monoisotopic (exact) mass is 478 g/mol. The van der Waals surface area contributed by atoms with Crippen LogP contribution >= 0.6 is 39.1 Å². The van der Waals surface area contributed by atoms with Gasteiger partial charge in [-0.25, -0.2) is 0 Å². The molecule has 3 nitrogen and oxygen atoms in total. The lowest BCUT2D eigenvalue weighted by atomic mass is 10.1. The van der Waals surface area contributed by atoms with Gasteiger partial charge in [0.1, 0.15) is 0 Å². The Hall–Kier alpha value is -1.88. The first-order valence-corrected chi connectivity index (χ1v) is 10.2. The van der Waals surface area contributed by atoms with Crippen molar-refractivity contribution in [2.75, 3.05) is 6.54 Å². The van der Waals surface area contributed by atoms with Crippen LogP contribution in [0.3, 0.4) is 0 Å². The molecule has 0 aliphatic rings. The summed E-state index contributed by atoms with van der Waals surface area (Å²) < 4.78 is 0.961. The highest BCUT2D eigenvalue weighted by Crippen LogP contribution is 2.23. The van der Waals surface area contributed by atoms with Crippen LogP contribution in [0.5, 0.6) is 0 Å². The molecule has 6 heteroatoms. The molecule has 0 unspecified atom stereocenters. The predicted octanol–water partition coefficient (Wildman–Crippen LogP) is 6.87. The molecule has 0 saturated heterocycles. The lowest BCUT2D eigenvalue weighted by Crippen LogP contribution is -2.32. The zero-order chi connectivity index (χ0) is 20.7. The molecule has 0 N–H and O–H groups in total. The third-order valence-electron chi connectivity index (χ3n) is 4.00. The Morgan fingerprint density at radius 2 is 1.89 bits per heavy atom. The van der Waals surface area contributed by atoms with Crippen LogP contribution in [0.4, 0.5) is 0 Å². The number of rotatable bonds is 7. The summed E-state index contributed by atoms with van der Waals surface area (Å²) in [5.74, 6) is -0.0915. The van der Waals surface area contributed by atoms with Gasteiger partial charge in [-0.15, -0.1) is 0 Å². The molecule has 2 aromatic rings. The number of benzene rings is 2. The third-order valence-corrected chi connectivity index (χ3v) is 5.33. The fourth-order valence-electron chi connectivity index (χ4n) is 2.77. The van der Waals surface area contributed by atoms with Gasteiger partial charge in [0.05, 0.1) is 0 Å². The zero-order valence-corrected chi connectivity index (χ0v) is 18.9. The molecule has 2 aromatic carbocycles. The van der Waals surface area contributed by atoms with Crippen molar-refractivity contribution < 1.29 is 4.79 Å². The maximum Gasteiger partial charge on any atom is 0.254 e. The molecule has 146 valence electrons. The third kappa shape index (κ3) is 6.33. The van der Waals surface area contributed by atoms with Crippen LogP contribution in [-0.2, 0) is 6.54 Å². The van der Waals surface area contributed by atoms with Crippen molar-refractivity contribution in [3.05, 3.63) is 91.5 Å². The maximum atomic E-state index is 13.3. The van der Waals surface area contributed by atoms with Crippen LogP contribution in [0.1, 0.15) is 28.4 Å². The number of carbonyl (C=O) groups excluding carboxylic acids is 1. The standard InChI is InChI=1S/C22H21BrCl2N2O/c1-4-5-16(12-26-3)13-27(14-17-9-19(24)11-20(25)10-17)22(28)18-6-7-21(23)15(2)8-18/h4-12H,3,13-14H2,1-2H3/b5-4-,16-12+. The van der Waals surface area contributed by atoms with E-state index in [0.29, 0.717) is 28.7 Å². The fraction of sp³-hybridized carbons (Fsp3) is 0.182. The van der Waals surface area contributed by atoms with Gasteiger partial charge in [-0.1, -0.05) is 51.3 Å². The summed E-state index contributed by atoms with van der Waals surface area (Å²) in [6.45, 7) is 8.12. The Morgan fingerprint density at radius 1 is 1.21 bits per heavy atom. The van der Waals surface area contributed by atoms with E-state index in [1.54, 1.807) is 17.2 Å². The Kier molecular flexibility index (Phi) is 8.49. The highest BCUT2D eigenvalue weighted by atomic mass is 79.9. The minimum absolute atomic E-state index is 0.0915. The Labute approximate surface area is 184 Å². The molecule has 0 aliphatic carbocycles. The summed E-state index contributed by atoms with van der Waals surface area (Å²) in [5, 5.41) is 1.07. The minimum Gasteiger partial charge on any atom is -0.330 e. The van der Waals surface area contributed by atoms with Gasteiger partial charge < -0.3 is 4.90 Å². The maximum absolute atomic E-state index is 13.3. The average molecular weight is 480 g/mol. The lowest BCUT2D eigenvalue weighted by molar-refractivity contribution is 0.0759. The first-order chi connectivity index (χ1) is 13.3. The van der Waals surface area contributed by atoms with Gasteiger partial charge in [0.25, 0.3) is 5.91 Å². The van der Waals surface area contributed by atoms with E-state index in [0.717, 1.165) is 21.2 Å². The van der Waals surface area contributed by atoms with Crippen molar-refractivity contribution in [3.8, 4) is 0 Å². The molecule has 28 heavy (non-hydrogen) atoms. The van der Waals surface area contributed by atoms with Crippen LogP contribution in [0.25, 0.3) is 0 Å². The average Bonchev–Trinajstić information content (AvgIpc) is 2.62. The molecule has 0 bridgehead atoms. The van der Waals surface area contributed by atoms with E-state index >= 15 is 0 Å². The smallest absolute Gasteiger partial charge is 0.254 e. The molecule has 0 radical (unpaired) electrons. The highest BCUT2D eigenvalue weighted by molar-refractivity contribution is 9.10. The lowest BCUT2D eigenvalue weighted by Gasteiger charge is -2.24. The Morgan fingerprint density at radius 3 is 2.46 bits per heavy atom. The SMILES string of the molecule is C=N/C=C(\C=C/C)CN(Cc1cc(Cl)cc(Cl)c1)C(=O)c1ccc(Br)c(C)c1. The normalized spacial score (nSPS) is 11.7. The highest BCUT2D eigenvalue weighted by Gasteiger charge is 2.18. The van der Waals surface area contributed by atoms with Gasteiger partial charge in [0, 0.05) is 39.4 Å². The van der Waals surface area contributed by atoms with E-state index in [1.165, 1.54) is 0 Å². The van der Waals surface area contributed by atoms with Crippen LogP contribution in [0.15, 0.2) is 69.8 Å². The van der Waals surface area contributed by atoms with Crippen molar-refractivity contribution in [1.29, 1.82) is 0 Å². The number of allylic oxidation sites excluding steroid dienone is 1. The summed E-state index contributed by atoms with van der Waals surface area (Å²) >= 11 is 15.7. The van der Waals surface area contributed by atoms with Crippen molar-refractivity contribution in [3.63, 3.8) is 0 Å². The Balaban J connectivity index is 2.41. The largest absolute Gasteiger partial charge is 0.330 e. The van der Waals surface area contributed by atoms with Gasteiger partial charge in [-0.2, -0.15) is 0 Å². The Bertz CT molecular complexity index is 918. The zero-order valence-electron chi connectivity index (χ0n) is 15.8. The molecule has 0 aliphatic heterocycles. The molecule has 0 heterocycles. The number of hydrogen-bond acceptors (Lipinski definition) is 2. The van der Waals surface area contributed by atoms with Crippen LogP contribution in [0.2, 0.25) is 10.0 Å². The number of amides is 1. The quantitative estimate of drug-likeness (QED) is 0.315. The second kappa shape index (κ2) is 10.6. The molecule has 2 rings (SSSR count). The van der Waals surface area contributed by atoms with Crippen LogP contribution in [0, 0.1) is 6.92 Å².